The molecule has 1 aromatic rings. The minimum atomic E-state index is -1.37. The number of benzene rings is 1. The molecule has 0 saturated heterocycles. The van der Waals surface area contributed by atoms with Crippen LogP contribution in [-0.4, -0.2) is 38.3 Å². The Balaban J connectivity index is 2.94. The summed E-state index contributed by atoms with van der Waals surface area (Å²) in [6, 6.07) is 7.25. The van der Waals surface area contributed by atoms with Crippen molar-refractivity contribution in [1.82, 2.24) is 4.48 Å². The van der Waals surface area contributed by atoms with Crippen molar-refractivity contribution in [3.8, 4) is 0 Å². The molecule has 70 valence electrons. The molecule has 0 bridgehead atoms. The third kappa shape index (κ3) is 2.55. The summed E-state index contributed by atoms with van der Waals surface area (Å²) < 4.78 is 0.724. The van der Waals surface area contributed by atoms with Gasteiger partial charge in [0.2, 0.25) is 0 Å². The predicted octanol–water partition coefficient (Wildman–Crippen LogP) is -0.437. The van der Waals surface area contributed by atoms with Gasteiger partial charge in [0.05, 0.1) is 21.1 Å². The molecular formula is C9H15BNO2+. The number of hydrogen-bond donors (Lipinski definition) is 2. The summed E-state index contributed by atoms with van der Waals surface area (Å²) in [7, 11) is 4.81. The van der Waals surface area contributed by atoms with Crippen LogP contribution in [0.5, 0.6) is 0 Å². The van der Waals surface area contributed by atoms with Crippen molar-refractivity contribution in [2.45, 2.75) is 0 Å². The van der Waals surface area contributed by atoms with Gasteiger partial charge in [-0.1, -0.05) is 12.1 Å². The van der Waals surface area contributed by atoms with Crippen molar-refractivity contribution in [3.05, 3.63) is 24.3 Å². The highest BCUT2D eigenvalue weighted by Gasteiger charge is 2.14. The fourth-order valence-electron chi connectivity index (χ4n) is 1.09. The lowest BCUT2D eigenvalue weighted by Gasteiger charge is -2.23. The molecule has 0 aliphatic rings. The molecular weight excluding hydrogens is 165 g/mol. The van der Waals surface area contributed by atoms with Crippen LogP contribution < -0.4 is 9.95 Å². The first kappa shape index (κ1) is 10.2. The Morgan fingerprint density at radius 2 is 1.46 bits per heavy atom. The molecule has 0 heterocycles. The summed E-state index contributed by atoms with van der Waals surface area (Å²) in [5, 5.41) is 17.7. The molecule has 2 N–H and O–H groups in total. The van der Waals surface area contributed by atoms with Gasteiger partial charge < -0.3 is 10.0 Å². The van der Waals surface area contributed by atoms with Crippen molar-refractivity contribution in [3.63, 3.8) is 0 Å². The lowest BCUT2D eigenvalue weighted by molar-refractivity contribution is 0.425. The van der Waals surface area contributed by atoms with E-state index in [0.717, 1.165) is 10.2 Å². The summed E-state index contributed by atoms with van der Waals surface area (Å²) in [4.78, 5) is 0. The summed E-state index contributed by atoms with van der Waals surface area (Å²) >= 11 is 0. The first-order valence-electron chi connectivity index (χ1n) is 4.19. The van der Waals surface area contributed by atoms with E-state index < -0.39 is 7.12 Å². The van der Waals surface area contributed by atoms with Crippen LogP contribution in [0.1, 0.15) is 0 Å². The second kappa shape index (κ2) is 3.50. The average Bonchev–Trinajstić information content (AvgIpc) is 2.03. The highest BCUT2D eigenvalue weighted by Crippen LogP contribution is 2.13. The zero-order valence-corrected chi connectivity index (χ0v) is 8.23. The highest BCUT2D eigenvalue weighted by molar-refractivity contribution is 6.58. The SMILES string of the molecule is C[N+](C)(C)c1ccc(B(O)O)cc1. The summed E-state index contributed by atoms with van der Waals surface area (Å²) in [5.41, 5.74) is 1.65. The van der Waals surface area contributed by atoms with Crippen molar-refractivity contribution >= 4 is 18.3 Å². The largest absolute Gasteiger partial charge is 0.488 e. The molecule has 0 aliphatic carbocycles. The Hall–Kier alpha value is -0.835. The Kier molecular flexibility index (Phi) is 2.76. The van der Waals surface area contributed by atoms with E-state index in [-0.39, 0.29) is 0 Å². The van der Waals surface area contributed by atoms with E-state index in [1.165, 1.54) is 0 Å². The minimum absolute atomic E-state index is 0.525. The smallest absolute Gasteiger partial charge is 0.423 e. The minimum Gasteiger partial charge on any atom is -0.423 e. The molecule has 3 nitrogen and oxygen atoms in total. The van der Waals surface area contributed by atoms with Crippen LogP contribution >= 0.6 is 0 Å². The third-order valence-electron chi connectivity index (χ3n) is 1.97. The number of quaternary nitrogens is 1. The van der Waals surface area contributed by atoms with E-state index in [2.05, 4.69) is 21.1 Å². The van der Waals surface area contributed by atoms with E-state index >= 15 is 0 Å². The van der Waals surface area contributed by atoms with Crippen LogP contribution in [0.3, 0.4) is 0 Å². The van der Waals surface area contributed by atoms with Gasteiger partial charge in [-0.3, -0.25) is 4.48 Å². The summed E-state index contributed by atoms with van der Waals surface area (Å²) in [5.74, 6) is 0. The van der Waals surface area contributed by atoms with Crippen LogP contribution in [-0.2, 0) is 0 Å². The topological polar surface area (TPSA) is 40.5 Å². The van der Waals surface area contributed by atoms with Gasteiger partial charge in [-0.25, -0.2) is 0 Å². The summed E-state index contributed by atoms with van der Waals surface area (Å²) in [6.07, 6.45) is 0. The van der Waals surface area contributed by atoms with Crippen LogP contribution in [0.25, 0.3) is 0 Å². The van der Waals surface area contributed by atoms with E-state index in [9.17, 15) is 0 Å². The van der Waals surface area contributed by atoms with Crippen LogP contribution in [0.2, 0.25) is 0 Å². The fraction of sp³-hybridized carbons (Fsp3) is 0.333. The first-order valence-corrected chi connectivity index (χ1v) is 4.19. The molecule has 0 spiro atoms. The second-order valence-electron chi connectivity index (χ2n) is 3.98. The lowest BCUT2D eigenvalue weighted by Crippen LogP contribution is -2.36. The zero-order valence-electron chi connectivity index (χ0n) is 8.23. The quantitative estimate of drug-likeness (QED) is 0.478. The van der Waals surface area contributed by atoms with Gasteiger partial charge in [-0.15, -0.1) is 0 Å². The highest BCUT2D eigenvalue weighted by atomic mass is 16.4. The maximum absolute atomic E-state index is 8.87. The van der Waals surface area contributed by atoms with E-state index in [0.29, 0.717) is 5.46 Å². The first-order chi connectivity index (χ1) is 5.91. The number of rotatable bonds is 2. The Labute approximate surface area is 79.0 Å². The molecule has 0 saturated carbocycles. The molecule has 0 unspecified atom stereocenters. The Morgan fingerprint density at radius 3 is 1.77 bits per heavy atom. The van der Waals surface area contributed by atoms with Gasteiger partial charge in [0.15, 0.2) is 0 Å². The number of nitrogens with zero attached hydrogens (tertiary/aromatic N) is 1. The van der Waals surface area contributed by atoms with Gasteiger partial charge >= 0.3 is 7.12 Å². The fourth-order valence-corrected chi connectivity index (χ4v) is 1.09. The lowest BCUT2D eigenvalue weighted by atomic mass is 9.80. The maximum atomic E-state index is 8.87. The Morgan fingerprint density at radius 1 is 1.00 bits per heavy atom. The van der Waals surface area contributed by atoms with Crippen molar-refractivity contribution in [1.29, 1.82) is 0 Å². The zero-order chi connectivity index (χ0) is 10.1. The van der Waals surface area contributed by atoms with E-state index in [1.54, 1.807) is 12.1 Å². The molecule has 0 aliphatic heterocycles. The van der Waals surface area contributed by atoms with E-state index in [1.807, 2.05) is 12.1 Å². The predicted molar refractivity (Wildman–Crippen MR) is 55.8 cm³/mol. The molecule has 13 heavy (non-hydrogen) atoms. The monoisotopic (exact) mass is 180 g/mol. The van der Waals surface area contributed by atoms with Crippen molar-refractivity contribution < 1.29 is 10.0 Å². The van der Waals surface area contributed by atoms with Gasteiger partial charge in [-0.05, 0) is 17.6 Å². The molecule has 1 aromatic carbocycles. The van der Waals surface area contributed by atoms with Gasteiger partial charge in [-0.2, -0.15) is 0 Å². The Bertz CT molecular complexity index is 277. The maximum Gasteiger partial charge on any atom is 0.488 e. The van der Waals surface area contributed by atoms with Crippen LogP contribution in [0.4, 0.5) is 5.69 Å². The van der Waals surface area contributed by atoms with E-state index in [4.69, 9.17) is 10.0 Å². The molecule has 0 atom stereocenters. The van der Waals surface area contributed by atoms with Crippen LogP contribution in [0.15, 0.2) is 24.3 Å². The molecule has 0 amide bonds. The van der Waals surface area contributed by atoms with Crippen molar-refractivity contribution in [2.75, 3.05) is 21.1 Å². The van der Waals surface area contributed by atoms with Crippen molar-refractivity contribution in [2.24, 2.45) is 0 Å². The van der Waals surface area contributed by atoms with Gasteiger partial charge in [0.25, 0.3) is 0 Å². The molecule has 1 rings (SSSR count). The van der Waals surface area contributed by atoms with Crippen LogP contribution in [0, 0.1) is 0 Å². The second-order valence-corrected chi connectivity index (χ2v) is 3.98. The standard InChI is InChI=1S/C9H15BNO2/c1-11(2,3)9-6-4-8(5-7-9)10(12)13/h4-7,12-13H,1-3H3/q+1. The molecule has 0 radical (unpaired) electrons. The molecule has 0 fully saturated rings. The molecule has 0 aromatic heterocycles. The van der Waals surface area contributed by atoms with Gasteiger partial charge in [0, 0.05) is 0 Å². The van der Waals surface area contributed by atoms with Gasteiger partial charge in [0.1, 0.15) is 5.69 Å². The number of hydrogen-bond acceptors (Lipinski definition) is 2. The molecule has 4 heteroatoms. The normalized spacial score (nSPS) is 11.5. The third-order valence-corrected chi connectivity index (χ3v) is 1.97. The average molecular weight is 180 g/mol. The summed E-state index contributed by atoms with van der Waals surface area (Å²) in [6.45, 7) is 0.